The van der Waals surface area contributed by atoms with E-state index in [0.717, 1.165) is 39.9 Å². The SMILES string of the molecule is c1ccc(B2c3ccccc3B3c4ccccc4N(c4ccccc4)c4c5c(cc2c43)N(c2ccc3ccc4cccc6ccc2c3c46)c2ccccc2O5)cc1. The summed E-state index contributed by atoms with van der Waals surface area (Å²) < 4.78 is 7.34. The van der Waals surface area contributed by atoms with Crippen LogP contribution >= 0.6 is 0 Å². The predicted molar refractivity (Wildman–Crippen MR) is 242 cm³/mol. The Labute approximate surface area is 331 Å². The van der Waals surface area contributed by atoms with Crippen molar-refractivity contribution in [2.45, 2.75) is 0 Å². The summed E-state index contributed by atoms with van der Waals surface area (Å²) in [6, 6.07) is 71.4. The highest BCUT2D eigenvalue weighted by molar-refractivity contribution is 7.12. The smallest absolute Gasteiger partial charge is 0.245 e. The van der Waals surface area contributed by atoms with Gasteiger partial charge in [-0.3, -0.25) is 0 Å². The molecule has 0 bridgehead atoms. The fourth-order valence-electron chi connectivity index (χ4n) is 10.4. The monoisotopic (exact) mass is 722 g/mol. The maximum absolute atomic E-state index is 7.34. The zero-order valence-electron chi connectivity index (χ0n) is 30.9. The van der Waals surface area contributed by atoms with Gasteiger partial charge in [0.15, 0.2) is 11.5 Å². The first-order valence-corrected chi connectivity index (χ1v) is 19.8. The van der Waals surface area contributed by atoms with E-state index < -0.39 is 0 Å². The molecule has 0 aliphatic carbocycles. The number of hydrogen-bond acceptors (Lipinski definition) is 3. The van der Waals surface area contributed by atoms with E-state index in [9.17, 15) is 0 Å². The van der Waals surface area contributed by atoms with Gasteiger partial charge in [-0.1, -0.05) is 174 Å². The lowest BCUT2D eigenvalue weighted by Gasteiger charge is -2.45. The molecule has 0 atom stereocenters. The molecule has 10 aromatic carbocycles. The van der Waals surface area contributed by atoms with Crippen LogP contribution in [0, 0.1) is 0 Å². The van der Waals surface area contributed by atoms with Crippen molar-refractivity contribution in [1.29, 1.82) is 0 Å². The normalized spacial score (nSPS) is 13.6. The molecule has 0 unspecified atom stereocenters. The molecule has 0 saturated carbocycles. The number of fused-ring (bicyclic) bond motifs is 7. The van der Waals surface area contributed by atoms with Gasteiger partial charge in [-0.2, -0.15) is 0 Å². The molecule has 57 heavy (non-hydrogen) atoms. The average Bonchev–Trinajstić information content (AvgIpc) is 3.28. The largest absolute Gasteiger partial charge is 0.451 e. The van der Waals surface area contributed by atoms with Crippen molar-refractivity contribution in [3.63, 3.8) is 0 Å². The van der Waals surface area contributed by atoms with Gasteiger partial charge in [-0.05, 0) is 80.3 Å². The summed E-state index contributed by atoms with van der Waals surface area (Å²) in [5, 5.41) is 7.60. The van der Waals surface area contributed by atoms with Crippen molar-refractivity contribution in [2.75, 3.05) is 9.80 Å². The zero-order chi connectivity index (χ0) is 37.2. The van der Waals surface area contributed by atoms with E-state index >= 15 is 0 Å². The molecular weight excluding hydrogens is 690 g/mol. The van der Waals surface area contributed by atoms with Crippen LogP contribution in [0.25, 0.3) is 32.3 Å². The van der Waals surface area contributed by atoms with Gasteiger partial charge >= 0.3 is 0 Å². The topological polar surface area (TPSA) is 15.7 Å². The molecule has 262 valence electrons. The third kappa shape index (κ3) is 4.23. The van der Waals surface area contributed by atoms with E-state index in [1.54, 1.807) is 0 Å². The van der Waals surface area contributed by atoms with Crippen molar-refractivity contribution >= 4 is 113 Å². The Kier molecular flexibility index (Phi) is 6.34. The van der Waals surface area contributed by atoms with Crippen LogP contribution in [0.1, 0.15) is 0 Å². The van der Waals surface area contributed by atoms with E-state index in [-0.39, 0.29) is 13.4 Å². The van der Waals surface area contributed by atoms with Gasteiger partial charge < -0.3 is 14.5 Å². The molecule has 3 nitrogen and oxygen atoms in total. The fourth-order valence-corrected chi connectivity index (χ4v) is 10.4. The highest BCUT2D eigenvalue weighted by atomic mass is 16.5. The van der Waals surface area contributed by atoms with Crippen LogP contribution in [-0.2, 0) is 0 Å². The Bertz CT molecular complexity index is 3230. The molecule has 0 spiro atoms. The van der Waals surface area contributed by atoms with Gasteiger partial charge in [0.1, 0.15) is 0 Å². The van der Waals surface area contributed by atoms with Gasteiger partial charge in [0.05, 0.1) is 22.7 Å². The van der Waals surface area contributed by atoms with Crippen LogP contribution in [-0.4, -0.2) is 13.4 Å². The molecule has 3 aliphatic rings. The van der Waals surface area contributed by atoms with Gasteiger partial charge in [-0.25, -0.2) is 0 Å². The lowest BCUT2D eigenvalue weighted by Crippen LogP contribution is -2.76. The number of anilines is 6. The highest BCUT2D eigenvalue weighted by Gasteiger charge is 2.48. The number of hydrogen-bond donors (Lipinski definition) is 0. The van der Waals surface area contributed by atoms with Gasteiger partial charge in [-0.15, -0.1) is 0 Å². The molecule has 0 radical (unpaired) electrons. The van der Waals surface area contributed by atoms with Crippen molar-refractivity contribution in [2.24, 2.45) is 0 Å². The number of benzene rings is 10. The molecule has 0 N–H and O–H groups in total. The van der Waals surface area contributed by atoms with Crippen molar-refractivity contribution < 1.29 is 4.74 Å². The first-order chi connectivity index (χ1) is 28.3. The van der Waals surface area contributed by atoms with Crippen LogP contribution in [0.3, 0.4) is 0 Å². The van der Waals surface area contributed by atoms with Crippen molar-refractivity contribution in [3.05, 3.63) is 194 Å². The molecule has 0 amide bonds. The van der Waals surface area contributed by atoms with Crippen LogP contribution < -0.4 is 47.3 Å². The van der Waals surface area contributed by atoms with Gasteiger partial charge in [0, 0.05) is 16.8 Å². The molecule has 0 fully saturated rings. The minimum absolute atomic E-state index is 0.0148. The molecular formula is C52H32B2N2O. The Morgan fingerprint density at radius 2 is 1.00 bits per heavy atom. The molecule has 0 saturated heterocycles. The van der Waals surface area contributed by atoms with Crippen molar-refractivity contribution in [3.8, 4) is 11.5 Å². The standard InChI is InChI=1S/C52H32B2N2O/c1-3-16-36(17-4-1)53-39-20-7-8-21-40(39)54-41-22-9-10-23-44(41)55(37-18-5-2-6-19-37)51-50(54)42(53)32-46-52(51)57-47-25-12-11-24-45(47)56(46)43-31-29-35-27-26-33-14-13-15-34-28-30-38(43)49(35)48(33)34/h1-32H. The summed E-state index contributed by atoms with van der Waals surface area (Å²) in [6.07, 6.45) is 0. The molecule has 5 heteroatoms. The quantitative estimate of drug-likeness (QED) is 0.134. The molecule has 3 aliphatic heterocycles. The predicted octanol–water partition coefficient (Wildman–Crippen LogP) is 9.29. The lowest BCUT2D eigenvalue weighted by atomic mass is 9.20. The summed E-state index contributed by atoms with van der Waals surface area (Å²) in [6.45, 7) is 0.0392. The summed E-state index contributed by atoms with van der Waals surface area (Å²) >= 11 is 0. The van der Waals surface area contributed by atoms with Crippen LogP contribution in [0.15, 0.2) is 194 Å². The second-order valence-corrected chi connectivity index (χ2v) is 15.6. The van der Waals surface area contributed by atoms with Gasteiger partial charge in [0.2, 0.25) is 13.4 Å². The minimum atomic E-state index is 0.0148. The third-order valence-corrected chi connectivity index (χ3v) is 12.7. The number of rotatable bonds is 3. The van der Waals surface area contributed by atoms with Crippen LogP contribution in [0.2, 0.25) is 0 Å². The summed E-state index contributed by atoms with van der Waals surface area (Å²) in [5.74, 6) is 1.71. The average molecular weight is 722 g/mol. The number of ether oxygens (including phenoxy) is 1. The second kappa shape index (κ2) is 11.6. The Morgan fingerprint density at radius 3 is 1.79 bits per heavy atom. The zero-order valence-corrected chi connectivity index (χ0v) is 30.9. The van der Waals surface area contributed by atoms with Crippen LogP contribution in [0.4, 0.5) is 34.1 Å². The maximum Gasteiger partial charge on any atom is 0.245 e. The van der Waals surface area contributed by atoms with E-state index in [0.29, 0.717) is 0 Å². The summed E-state index contributed by atoms with van der Waals surface area (Å²) in [5.41, 5.74) is 14.5. The minimum Gasteiger partial charge on any atom is -0.451 e. The van der Waals surface area contributed by atoms with Crippen molar-refractivity contribution in [1.82, 2.24) is 0 Å². The van der Waals surface area contributed by atoms with Gasteiger partial charge in [0.25, 0.3) is 0 Å². The first kappa shape index (κ1) is 31.0. The Balaban J connectivity index is 1.19. The third-order valence-electron chi connectivity index (χ3n) is 12.7. The summed E-state index contributed by atoms with van der Waals surface area (Å²) in [7, 11) is 0. The number of nitrogens with zero attached hydrogens (tertiary/aromatic N) is 2. The Hall–Kier alpha value is -7.23. The first-order valence-electron chi connectivity index (χ1n) is 19.8. The lowest BCUT2D eigenvalue weighted by molar-refractivity contribution is 0.478. The number of para-hydroxylation sites is 4. The van der Waals surface area contributed by atoms with E-state index in [1.807, 2.05) is 0 Å². The van der Waals surface area contributed by atoms with E-state index in [4.69, 9.17) is 4.74 Å². The van der Waals surface area contributed by atoms with E-state index in [1.165, 1.54) is 70.8 Å². The maximum atomic E-state index is 7.34. The fraction of sp³-hybridized carbons (Fsp3) is 0. The molecule has 0 aromatic heterocycles. The molecule has 10 aromatic rings. The van der Waals surface area contributed by atoms with E-state index in [2.05, 4.69) is 204 Å². The second-order valence-electron chi connectivity index (χ2n) is 15.6. The molecule has 13 rings (SSSR count). The molecule has 3 heterocycles. The summed E-state index contributed by atoms with van der Waals surface area (Å²) in [4.78, 5) is 4.95. The van der Waals surface area contributed by atoms with Crippen LogP contribution in [0.5, 0.6) is 11.5 Å². The highest BCUT2D eigenvalue weighted by Crippen LogP contribution is 2.57. The Morgan fingerprint density at radius 1 is 0.386 bits per heavy atom.